The molecule has 1 atom stereocenters. The van der Waals surface area contributed by atoms with Crippen molar-refractivity contribution in [1.29, 1.82) is 0 Å². The lowest BCUT2D eigenvalue weighted by Crippen LogP contribution is -2.49. The number of imide groups is 1. The van der Waals surface area contributed by atoms with Crippen LogP contribution in [0.4, 0.5) is 4.79 Å². The highest BCUT2D eigenvalue weighted by Crippen LogP contribution is 2.32. The van der Waals surface area contributed by atoms with Crippen LogP contribution in [0.3, 0.4) is 0 Å². The first-order valence-electron chi connectivity index (χ1n) is 8.91. The molecule has 0 bridgehead atoms. The number of hydrogen-bond acceptors (Lipinski definition) is 4. The molecular weight excluding hydrogens is 433 g/mol. The van der Waals surface area contributed by atoms with Crippen molar-refractivity contribution in [3.05, 3.63) is 69.7 Å². The van der Waals surface area contributed by atoms with Crippen molar-refractivity contribution in [3.63, 3.8) is 0 Å². The van der Waals surface area contributed by atoms with E-state index in [1.54, 1.807) is 49.4 Å². The minimum atomic E-state index is -1.19. The van der Waals surface area contributed by atoms with Crippen LogP contribution < -0.4 is 10.7 Å². The number of benzene rings is 2. The van der Waals surface area contributed by atoms with Gasteiger partial charge in [0.2, 0.25) is 5.91 Å². The molecule has 0 aromatic heterocycles. The molecule has 0 radical (unpaired) electrons. The Bertz CT molecular complexity index is 922. The fourth-order valence-electron chi connectivity index (χ4n) is 3.11. The number of hydrogen-bond donors (Lipinski definition) is 2. The van der Waals surface area contributed by atoms with Gasteiger partial charge >= 0.3 is 6.03 Å². The van der Waals surface area contributed by atoms with Crippen LogP contribution in [-0.2, 0) is 20.9 Å². The molecule has 1 unspecified atom stereocenters. The number of nitrogens with zero attached hydrogens (tertiary/aromatic N) is 1. The van der Waals surface area contributed by atoms with Crippen molar-refractivity contribution in [3.8, 4) is 0 Å². The van der Waals surface area contributed by atoms with E-state index in [4.69, 9.17) is 23.2 Å². The van der Waals surface area contributed by atoms with Gasteiger partial charge in [-0.05, 0) is 29.7 Å². The summed E-state index contributed by atoms with van der Waals surface area (Å²) in [7, 11) is 0. The van der Waals surface area contributed by atoms with Gasteiger partial charge in [0.25, 0.3) is 5.91 Å². The summed E-state index contributed by atoms with van der Waals surface area (Å²) in [5, 5.41) is 4.51. The van der Waals surface area contributed by atoms with Crippen LogP contribution in [0.2, 0.25) is 10.0 Å². The van der Waals surface area contributed by atoms with E-state index in [1.807, 2.05) is 6.07 Å². The molecular formula is C20H19Cl2N3O3S. The molecule has 0 aliphatic carbocycles. The van der Waals surface area contributed by atoms with Gasteiger partial charge in [-0.3, -0.25) is 15.0 Å². The maximum atomic E-state index is 13.0. The molecule has 9 heteroatoms. The summed E-state index contributed by atoms with van der Waals surface area (Å²) < 4.78 is 0. The highest BCUT2D eigenvalue weighted by molar-refractivity contribution is 7.99. The van der Waals surface area contributed by atoms with E-state index < -0.39 is 23.4 Å². The first kappa shape index (κ1) is 21.5. The lowest BCUT2D eigenvalue weighted by atomic mass is 9.87. The van der Waals surface area contributed by atoms with Crippen molar-refractivity contribution in [2.45, 2.75) is 24.6 Å². The topological polar surface area (TPSA) is 78.5 Å². The van der Waals surface area contributed by atoms with Crippen molar-refractivity contribution >= 4 is 52.8 Å². The van der Waals surface area contributed by atoms with Gasteiger partial charge in [-0.2, -0.15) is 5.01 Å². The van der Waals surface area contributed by atoms with Crippen LogP contribution in [0.5, 0.6) is 0 Å². The fourth-order valence-corrected chi connectivity index (χ4v) is 4.67. The Balaban J connectivity index is 1.63. The van der Waals surface area contributed by atoms with Crippen LogP contribution in [0.1, 0.15) is 24.5 Å². The number of nitrogens with one attached hydrogen (secondary N) is 2. The Kier molecular flexibility index (Phi) is 6.72. The Hall–Kier alpha value is -2.22. The van der Waals surface area contributed by atoms with E-state index in [9.17, 15) is 14.4 Å². The van der Waals surface area contributed by atoms with E-state index in [0.29, 0.717) is 27.8 Å². The van der Waals surface area contributed by atoms with E-state index in [2.05, 4.69) is 10.7 Å². The van der Waals surface area contributed by atoms with E-state index >= 15 is 0 Å². The van der Waals surface area contributed by atoms with Gasteiger partial charge in [0.1, 0.15) is 5.54 Å². The number of carbonyl (C=O) groups is 3. The summed E-state index contributed by atoms with van der Waals surface area (Å²) in [4.78, 5) is 37.7. The summed E-state index contributed by atoms with van der Waals surface area (Å²) in [5.74, 6) is -0.525. The number of urea groups is 1. The number of halogens is 2. The molecule has 1 aliphatic heterocycles. The number of thioether (sulfide) groups is 1. The number of carbonyl (C=O) groups excluding carboxylic acids is 3. The maximum Gasteiger partial charge on any atom is 0.344 e. The third-order valence-electron chi connectivity index (χ3n) is 4.67. The van der Waals surface area contributed by atoms with Gasteiger partial charge in [-0.25, -0.2) is 4.79 Å². The molecule has 1 aliphatic rings. The standard InChI is InChI=1S/C20H19Cl2N3O3S/c1-2-20(13-7-4-3-5-8-13)18(27)25(19(28)23-20)24-17(26)12-29-11-14-15(21)9-6-10-16(14)22/h3-10H,2,11-12H2,1H3,(H,23,28)(H,24,26). The molecule has 29 heavy (non-hydrogen) atoms. The van der Waals surface area contributed by atoms with Crippen LogP contribution >= 0.6 is 35.0 Å². The van der Waals surface area contributed by atoms with Gasteiger partial charge in [-0.1, -0.05) is 66.5 Å². The van der Waals surface area contributed by atoms with Crippen molar-refractivity contribution in [1.82, 2.24) is 15.8 Å². The second-order valence-corrected chi connectivity index (χ2v) is 8.22. The van der Waals surface area contributed by atoms with Crippen LogP contribution in [0, 0.1) is 0 Å². The average molecular weight is 452 g/mol. The molecule has 6 nitrogen and oxygen atoms in total. The smallest absolute Gasteiger partial charge is 0.318 e. The Morgan fingerprint density at radius 2 is 1.76 bits per heavy atom. The Morgan fingerprint density at radius 1 is 1.10 bits per heavy atom. The Labute approximate surface area is 182 Å². The predicted molar refractivity (Wildman–Crippen MR) is 115 cm³/mol. The normalized spacial score (nSPS) is 18.7. The van der Waals surface area contributed by atoms with E-state index in [1.165, 1.54) is 11.8 Å². The first-order chi connectivity index (χ1) is 13.9. The molecule has 152 valence electrons. The third-order valence-corrected chi connectivity index (χ3v) is 6.33. The summed E-state index contributed by atoms with van der Waals surface area (Å²) in [6.45, 7) is 1.81. The minimum Gasteiger partial charge on any atom is -0.318 e. The van der Waals surface area contributed by atoms with Crippen LogP contribution in [0.25, 0.3) is 0 Å². The highest BCUT2D eigenvalue weighted by atomic mass is 35.5. The van der Waals surface area contributed by atoms with Crippen molar-refractivity contribution in [2.75, 3.05) is 5.75 Å². The van der Waals surface area contributed by atoms with Crippen molar-refractivity contribution < 1.29 is 14.4 Å². The molecule has 3 rings (SSSR count). The molecule has 1 saturated heterocycles. The zero-order valence-corrected chi connectivity index (χ0v) is 17.9. The number of rotatable bonds is 7. The third kappa shape index (κ3) is 4.37. The molecule has 2 aromatic carbocycles. The lowest BCUT2D eigenvalue weighted by Gasteiger charge is -2.25. The predicted octanol–water partition coefficient (Wildman–Crippen LogP) is 4.12. The molecule has 4 amide bonds. The molecule has 0 spiro atoms. The monoisotopic (exact) mass is 451 g/mol. The minimum absolute atomic E-state index is 0.0308. The first-order valence-corrected chi connectivity index (χ1v) is 10.8. The second-order valence-electron chi connectivity index (χ2n) is 6.42. The summed E-state index contributed by atoms with van der Waals surface area (Å²) in [5.41, 5.74) is 2.61. The lowest BCUT2D eigenvalue weighted by molar-refractivity contribution is -0.138. The van der Waals surface area contributed by atoms with Crippen LogP contribution in [0.15, 0.2) is 48.5 Å². The molecule has 0 saturated carbocycles. The molecule has 2 N–H and O–H groups in total. The zero-order valence-electron chi connectivity index (χ0n) is 15.6. The quantitative estimate of drug-likeness (QED) is 0.620. The fraction of sp³-hybridized carbons (Fsp3) is 0.250. The van der Waals surface area contributed by atoms with Gasteiger partial charge in [0.05, 0.1) is 5.75 Å². The summed E-state index contributed by atoms with van der Waals surface area (Å²) >= 11 is 13.5. The largest absolute Gasteiger partial charge is 0.344 e. The van der Waals surface area contributed by atoms with Gasteiger partial charge in [0.15, 0.2) is 0 Å². The maximum absolute atomic E-state index is 13.0. The summed E-state index contributed by atoms with van der Waals surface area (Å²) in [6.07, 6.45) is 0.355. The van der Waals surface area contributed by atoms with E-state index in [0.717, 1.165) is 10.6 Å². The van der Waals surface area contributed by atoms with Gasteiger partial charge < -0.3 is 5.32 Å². The van der Waals surface area contributed by atoms with E-state index in [-0.39, 0.29) is 5.75 Å². The molecule has 1 heterocycles. The highest BCUT2D eigenvalue weighted by Gasteiger charge is 2.52. The summed E-state index contributed by atoms with van der Waals surface area (Å²) in [6, 6.07) is 13.5. The average Bonchev–Trinajstić information content (AvgIpc) is 2.96. The molecule has 1 fully saturated rings. The zero-order chi connectivity index (χ0) is 21.0. The van der Waals surface area contributed by atoms with Crippen LogP contribution in [-0.4, -0.2) is 28.6 Å². The second kappa shape index (κ2) is 9.07. The van der Waals surface area contributed by atoms with Gasteiger partial charge in [-0.15, -0.1) is 11.8 Å². The number of hydrazine groups is 1. The van der Waals surface area contributed by atoms with Gasteiger partial charge in [0, 0.05) is 15.8 Å². The molecule has 2 aromatic rings. The SMILES string of the molecule is CCC1(c2ccccc2)NC(=O)N(NC(=O)CSCc2c(Cl)cccc2Cl)C1=O. The van der Waals surface area contributed by atoms with Crippen molar-refractivity contribution in [2.24, 2.45) is 0 Å². The Morgan fingerprint density at radius 3 is 2.38 bits per heavy atom. The number of amides is 4.